The van der Waals surface area contributed by atoms with Gasteiger partial charge in [0.15, 0.2) is 0 Å². The molecule has 4 heteroatoms. The smallest absolute Gasteiger partial charge is 0.162 e. The molecule has 0 unspecified atom stereocenters. The Morgan fingerprint density at radius 3 is 1.50 bits per heavy atom. The van der Waals surface area contributed by atoms with Crippen molar-refractivity contribution < 1.29 is 8.42 Å². The Bertz CT molecular complexity index is 75.4. The molecule has 0 amide bonds. The minimum atomic E-state index is -2.86. The predicted molar refractivity (Wildman–Crippen MR) is 11.1 cm³/mol. The van der Waals surface area contributed by atoms with Gasteiger partial charge in [-0.15, -0.1) is 0 Å². The summed E-state index contributed by atoms with van der Waals surface area (Å²) in [6.45, 7) is 0. The van der Waals surface area contributed by atoms with Crippen LogP contribution in [0.4, 0.5) is 0 Å². The second-order valence-electron chi connectivity index (χ2n) is 0.217. The van der Waals surface area contributed by atoms with Crippen molar-refractivity contribution in [2.24, 2.45) is 0 Å². The Kier molecular flexibility index (Phi) is 0.907. The van der Waals surface area contributed by atoms with Gasteiger partial charge < -0.3 is 0 Å². The molecule has 23 valence electrons. The van der Waals surface area contributed by atoms with Gasteiger partial charge in [0.1, 0.15) is 0 Å². The molecule has 0 saturated heterocycles. The highest BCUT2D eigenvalue weighted by molar-refractivity contribution is 7.60. The first-order valence-electron chi connectivity index (χ1n) is 0.516. The first kappa shape index (κ1) is 3.62. The molecule has 1 radical (unpaired) electrons. The van der Waals surface area contributed by atoms with E-state index in [1.165, 1.54) is 0 Å². The second kappa shape index (κ2) is 1.00. The normalized spacial score (nSPS) is 6.00. The Labute approximate surface area is 24.8 Å². The third-order valence-electron chi connectivity index (χ3n) is 0. The summed E-state index contributed by atoms with van der Waals surface area (Å²) in [5.74, 6) is 0. The number of rotatable bonds is 0. The monoisotopic (exact) mass is 78.0 g/mol. The van der Waals surface area contributed by atoms with Crippen LogP contribution in [0.5, 0.6) is 0 Å². The Morgan fingerprint density at radius 1 is 1.50 bits per heavy atom. The van der Waals surface area contributed by atoms with Gasteiger partial charge in [-0.3, -0.25) is 0 Å². The summed E-state index contributed by atoms with van der Waals surface area (Å²) in [5.41, 5.74) is 0. The van der Waals surface area contributed by atoms with Gasteiger partial charge in [0.2, 0.25) is 0 Å². The quantitative estimate of drug-likeness (QED) is 0.367. The van der Waals surface area contributed by atoms with Crippen LogP contribution in [-0.4, -0.2) is 8.42 Å². The molecule has 4 heavy (non-hydrogen) atoms. The molecule has 0 saturated carbocycles. The molecule has 0 bridgehead atoms. The van der Waals surface area contributed by atoms with E-state index in [1.54, 1.807) is 0 Å². The molecular weight excluding hydrogens is 78.1 g/mol. The van der Waals surface area contributed by atoms with E-state index in [1.807, 2.05) is 0 Å². The molecule has 0 aliphatic carbocycles. The van der Waals surface area contributed by atoms with E-state index in [9.17, 15) is 0 Å². The number of hydrogen-bond acceptors (Lipinski definition) is 2. The zero-order chi connectivity index (χ0) is 3.58. The molecule has 0 aliphatic heterocycles. The van der Waals surface area contributed by atoms with Crippen molar-refractivity contribution in [1.29, 1.82) is 0 Å². The third-order valence-corrected chi connectivity index (χ3v) is 0. The summed E-state index contributed by atoms with van der Waals surface area (Å²) in [6.07, 6.45) is 0. The lowest BCUT2D eigenvalue weighted by Crippen LogP contribution is -1.43. The van der Waals surface area contributed by atoms with Gasteiger partial charge in [0, 0.05) is 0 Å². The van der Waals surface area contributed by atoms with Crippen LogP contribution < -0.4 is 4.78 Å². The van der Waals surface area contributed by atoms with Crippen LogP contribution in [0.1, 0.15) is 0 Å². The highest BCUT2D eigenvalue weighted by Gasteiger charge is 1.36. The molecule has 0 fully saturated rings. The standard InChI is InChI=1S/NO2S/c1-4(2)3. The number of nitrogens with zero attached hydrogens (tertiary/aromatic N) is 1. The first-order chi connectivity index (χ1) is 1.73. The van der Waals surface area contributed by atoms with Crippen LogP contribution in [0.3, 0.4) is 0 Å². The summed E-state index contributed by atoms with van der Waals surface area (Å²) in [7, 11) is -2.86. The van der Waals surface area contributed by atoms with E-state index >= 15 is 0 Å². The lowest BCUT2D eigenvalue weighted by atomic mass is 14.0. The average molecular weight is 78.1 g/mol. The summed E-state index contributed by atoms with van der Waals surface area (Å²) in [6, 6.07) is 0. The van der Waals surface area contributed by atoms with Crippen LogP contribution in [0.25, 0.3) is 0 Å². The minimum absolute atomic E-state index is 2.86. The fourth-order valence-electron chi connectivity index (χ4n) is 0. The Morgan fingerprint density at radius 2 is 1.50 bits per heavy atom. The van der Waals surface area contributed by atoms with Crippen molar-refractivity contribution in [2.75, 3.05) is 0 Å². The lowest BCUT2D eigenvalue weighted by Gasteiger charge is -1.13. The lowest BCUT2D eigenvalue weighted by molar-refractivity contribution is 0.623. The van der Waals surface area contributed by atoms with Crippen molar-refractivity contribution in [3.8, 4) is 0 Å². The molecule has 0 aliphatic rings. The van der Waals surface area contributed by atoms with Crippen LogP contribution in [-0.2, 0) is 10.5 Å². The maximum Gasteiger partial charge on any atom is 0.335 e. The molecule has 0 aromatic heterocycles. The van der Waals surface area contributed by atoms with Crippen LogP contribution in [0, 0.1) is 0 Å². The highest BCUT2D eigenvalue weighted by Crippen LogP contribution is 1.05. The van der Waals surface area contributed by atoms with E-state index < -0.39 is 10.5 Å². The van der Waals surface area contributed by atoms with E-state index in [0.717, 1.165) is 0 Å². The van der Waals surface area contributed by atoms with E-state index in [4.69, 9.17) is 13.2 Å². The minimum Gasteiger partial charge on any atom is -0.162 e. The highest BCUT2D eigenvalue weighted by atomic mass is 32.2. The van der Waals surface area contributed by atoms with E-state index in [-0.39, 0.29) is 0 Å². The Hall–Kier alpha value is -0.380. The van der Waals surface area contributed by atoms with Crippen LogP contribution >= 0.6 is 0 Å². The van der Waals surface area contributed by atoms with Crippen molar-refractivity contribution in [1.82, 2.24) is 4.78 Å². The van der Waals surface area contributed by atoms with Crippen molar-refractivity contribution in [3.05, 3.63) is 0 Å². The molecule has 0 spiro atoms. The van der Waals surface area contributed by atoms with Gasteiger partial charge in [-0.25, -0.2) is 0 Å². The van der Waals surface area contributed by atoms with Gasteiger partial charge in [0.05, 0.1) is 0 Å². The molecule has 0 aromatic carbocycles. The van der Waals surface area contributed by atoms with Crippen molar-refractivity contribution in [3.63, 3.8) is 0 Å². The zero-order valence-electron chi connectivity index (χ0n) is 1.67. The molecule has 0 aromatic rings. The van der Waals surface area contributed by atoms with Crippen molar-refractivity contribution >= 4 is 10.5 Å². The topological polar surface area (TPSA) is 56.4 Å². The fourth-order valence-corrected chi connectivity index (χ4v) is 0. The van der Waals surface area contributed by atoms with E-state index in [0.29, 0.717) is 0 Å². The van der Waals surface area contributed by atoms with Gasteiger partial charge in [-0.05, 0) is 4.78 Å². The largest absolute Gasteiger partial charge is 0.335 e. The zero-order valence-corrected chi connectivity index (χ0v) is 2.49. The summed E-state index contributed by atoms with van der Waals surface area (Å²) in [4.78, 5) is 0. The summed E-state index contributed by atoms with van der Waals surface area (Å²) < 4.78 is 24.1. The summed E-state index contributed by atoms with van der Waals surface area (Å²) >= 11 is 0. The average Bonchev–Trinajstić information content (AvgIpc) is 0.811. The molecular formula is NO2S. The van der Waals surface area contributed by atoms with Gasteiger partial charge >= 0.3 is 10.5 Å². The molecule has 3 nitrogen and oxygen atoms in total. The molecule has 0 heterocycles. The van der Waals surface area contributed by atoms with Gasteiger partial charge in [0.25, 0.3) is 0 Å². The van der Waals surface area contributed by atoms with Crippen LogP contribution in [0.2, 0.25) is 0 Å². The van der Waals surface area contributed by atoms with E-state index in [2.05, 4.69) is 0 Å². The number of hydrogen-bond donors (Lipinski definition) is 0. The SMILES string of the molecule is [N]=S(=O)=O. The maximum atomic E-state index is 8.56. The molecule has 0 rings (SSSR count). The van der Waals surface area contributed by atoms with Crippen LogP contribution in [0.15, 0.2) is 0 Å². The molecule has 0 N–H and O–H groups in total. The molecule has 0 atom stereocenters. The predicted octanol–water partition coefficient (Wildman–Crippen LogP) is -1.15. The van der Waals surface area contributed by atoms with Gasteiger partial charge in [-0.1, -0.05) is 0 Å². The van der Waals surface area contributed by atoms with Gasteiger partial charge in [-0.2, -0.15) is 8.42 Å². The first-order valence-corrected chi connectivity index (χ1v) is 1.55. The second-order valence-corrected chi connectivity index (χ2v) is 0.651. The maximum absolute atomic E-state index is 8.56. The Balaban J connectivity index is 4.65. The summed E-state index contributed by atoms with van der Waals surface area (Å²) in [5, 5.41) is 0. The fraction of sp³-hybridized carbons (Fsp3) is 0. The van der Waals surface area contributed by atoms with Crippen molar-refractivity contribution in [2.45, 2.75) is 0 Å². The third kappa shape index (κ3) is 4.31.